The van der Waals surface area contributed by atoms with Gasteiger partial charge in [-0.3, -0.25) is 9.59 Å². The number of likely N-dealkylation sites (tertiary alicyclic amines) is 1. The van der Waals surface area contributed by atoms with E-state index >= 15 is 0 Å². The maximum Gasteiger partial charge on any atom is 0.227 e. The lowest BCUT2D eigenvalue weighted by molar-refractivity contribution is -0.148. The molecule has 4 heteroatoms. The number of carbonyl (C=O) groups is 2. The number of rotatable bonds is 5. The van der Waals surface area contributed by atoms with E-state index < -0.39 is 0 Å². The lowest BCUT2D eigenvalue weighted by Gasteiger charge is -2.41. The molecule has 3 atom stereocenters. The van der Waals surface area contributed by atoms with Crippen molar-refractivity contribution in [3.63, 3.8) is 0 Å². The van der Waals surface area contributed by atoms with Crippen molar-refractivity contribution < 1.29 is 9.59 Å². The van der Waals surface area contributed by atoms with Crippen molar-refractivity contribution in [2.24, 2.45) is 23.7 Å². The SMILES string of the molecule is O=C(NCC1CC1)[C@H]1CC=C[C@H]2CCN(Cc3ccccc3)C(=O)[C@@H]12. The zero-order valence-corrected chi connectivity index (χ0v) is 14.6. The summed E-state index contributed by atoms with van der Waals surface area (Å²) in [5.74, 6) is 0.694. The third kappa shape index (κ3) is 3.63. The average Bonchev–Trinajstić information content (AvgIpc) is 3.47. The van der Waals surface area contributed by atoms with Gasteiger partial charge in [0.1, 0.15) is 0 Å². The maximum atomic E-state index is 13.1. The zero-order chi connectivity index (χ0) is 17.2. The summed E-state index contributed by atoms with van der Waals surface area (Å²) >= 11 is 0. The first kappa shape index (κ1) is 16.4. The minimum Gasteiger partial charge on any atom is -0.356 e. The number of nitrogens with zero attached hydrogens (tertiary/aromatic N) is 1. The summed E-state index contributed by atoms with van der Waals surface area (Å²) in [6.07, 6.45) is 8.34. The average molecular weight is 338 g/mol. The molecule has 2 amide bonds. The molecule has 3 aliphatic rings. The summed E-state index contributed by atoms with van der Waals surface area (Å²) in [4.78, 5) is 27.8. The van der Waals surface area contributed by atoms with E-state index in [-0.39, 0.29) is 29.6 Å². The van der Waals surface area contributed by atoms with Crippen LogP contribution in [-0.4, -0.2) is 29.8 Å². The largest absolute Gasteiger partial charge is 0.356 e. The van der Waals surface area contributed by atoms with Crippen LogP contribution in [0, 0.1) is 23.7 Å². The van der Waals surface area contributed by atoms with Gasteiger partial charge in [0.25, 0.3) is 0 Å². The molecule has 1 aliphatic heterocycles. The number of benzene rings is 1. The molecule has 4 rings (SSSR count). The molecule has 25 heavy (non-hydrogen) atoms. The molecule has 1 aromatic carbocycles. The summed E-state index contributed by atoms with van der Waals surface area (Å²) in [5, 5.41) is 3.09. The molecule has 1 saturated carbocycles. The van der Waals surface area contributed by atoms with E-state index in [2.05, 4.69) is 29.6 Å². The maximum absolute atomic E-state index is 13.1. The molecule has 0 radical (unpaired) electrons. The molecule has 1 N–H and O–H groups in total. The van der Waals surface area contributed by atoms with Crippen molar-refractivity contribution in [1.82, 2.24) is 10.2 Å². The highest BCUT2D eigenvalue weighted by molar-refractivity contribution is 5.89. The highest BCUT2D eigenvalue weighted by Gasteiger charge is 2.44. The van der Waals surface area contributed by atoms with Crippen molar-refractivity contribution in [1.29, 1.82) is 0 Å². The van der Waals surface area contributed by atoms with Gasteiger partial charge in [0.05, 0.1) is 11.8 Å². The molecule has 0 unspecified atom stereocenters. The second kappa shape index (κ2) is 7.03. The normalized spacial score (nSPS) is 28.6. The molecule has 1 aromatic rings. The number of nitrogens with one attached hydrogen (secondary N) is 1. The van der Waals surface area contributed by atoms with Crippen LogP contribution in [0.1, 0.15) is 31.2 Å². The van der Waals surface area contributed by atoms with E-state index in [0.717, 1.165) is 25.1 Å². The van der Waals surface area contributed by atoms with Gasteiger partial charge < -0.3 is 10.2 Å². The van der Waals surface area contributed by atoms with E-state index in [0.29, 0.717) is 18.9 Å². The van der Waals surface area contributed by atoms with Crippen molar-refractivity contribution in [3.8, 4) is 0 Å². The van der Waals surface area contributed by atoms with Crippen LogP contribution < -0.4 is 5.32 Å². The Labute approximate surface area is 149 Å². The van der Waals surface area contributed by atoms with Gasteiger partial charge in [-0.2, -0.15) is 0 Å². The fourth-order valence-corrected chi connectivity index (χ4v) is 4.15. The fraction of sp³-hybridized carbons (Fsp3) is 0.524. The predicted octanol–water partition coefficient (Wildman–Crippen LogP) is 2.75. The number of fused-ring (bicyclic) bond motifs is 1. The molecular formula is C21H26N2O2. The minimum absolute atomic E-state index is 0.0705. The minimum atomic E-state index is -0.208. The zero-order valence-electron chi connectivity index (χ0n) is 14.6. The van der Waals surface area contributed by atoms with Crippen LogP contribution in [0.15, 0.2) is 42.5 Å². The van der Waals surface area contributed by atoms with E-state index in [1.165, 1.54) is 12.8 Å². The van der Waals surface area contributed by atoms with Crippen LogP contribution in [-0.2, 0) is 16.1 Å². The third-order valence-electron chi connectivity index (χ3n) is 5.81. The number of piperidine rings is 1. The third-order valence-corrected chi connectivity index (χ3v) is 5.81. The van der Waals surface area contributed by atoms with Crippen LogP contribution in [0.25, 0.3) is 0 Å². The number of carbonyl (C=O) groups excluding carboxylic acids is 2. The van der Waals surface area contributed by atoms with E-state index in [9.17, 15) is 9.59 Å². The number of hydrogen-bond acceptors (Lipinski definition) is 2. The Kier molecular flexibility index (Phi) is 4.60. The van der Waals surface area contributed by atoms with Gasteiger partial charge >= 0.3 is 0 Å². The van der Waals surface area contributed by atoms with Crippen LogP contribution in [0.3, 0.4) is 0 Å². The number of amides is 2. The first-order valence-corrected chi connectivity index (χ1v) is 9.49. The molecule has 1 heterocycles. The van der Waals surface area contributed by atoms with Crippen LogP contribution in [0.2, 0.25) is 0 Å². The van der Waals surface area contributed by atoms with Crippen LogP contribution in [0.4, 0.5) is 0 Å². The summed E-state index contributed by atoms with van der Waals surface area (Å²) < 4.78 is 0. The Hall–Kier alpha value is -2.10. The topological polar surface area (TPSA) is 49.4 Å². The summed E-state index contributed by atoms with van der Waals surface area (Å²) in [6, 6.07) is 10.1. The molecule has 2 aliphatic carbocycles. The van der Waals surface area contributed by atoms with E-state index in [1.807, 2.05) is 23.1 Å². The fourth-order valence-electron chi connectivity index (χ4n) is 4.15. The van der Waals surface area contributed by atoms with Gasteiger partial charge in [0.2, 0.25) is 11.8 Å². The molecule has 132 valence electrons. The highest BCUT2D eigenvalue weighted by Crippen LogP contribution is 2.38. The van der Waals surface area contributed by atoms with Crippen molar-refractivity contribution >= 4 is 11.8 Å². The molecule has 2 fully saturated rings. The first-order chi connectivity index (χ1) is 12.2. The quantitative estimate of drug-likeness (QED) is 0.839. The summed E-state index contributed by atoms with van der Waals surface area (Å²) in [5.41, 5.74) is 1.15. The molecular weight excluding hydrogens is 312 g/mol. The second-order valence-electron chi connectivity index (χ2n) is 7.68. The lowest BCUT2D eigenvalue weighted by atomic mass is 9.71. The molecule has 1 saturated heterocycles. The number of hydrogen-bond donors (Lipinski definition) is 1. The van der Waals surface area contributed by atoms with Gasteiger partial charge in [0.15, 0.2) is 0 Å². The van der Waals surface area contributed by atoms with Gasteiger partial charge in [-0.05, 0) is 43.1 Å². The Morgan fingerprint density at radius 3 is 2.72 bits per heavy atom. The second-order valence-corrected chi connectivity index (χ2v) is 7.68. The Balaban J connectivity index is 1.46. The summed E-state index contributed by atoms with van der Waals surface area (Å²) in [7, 11) is 0. The Morgan fingerprint density at radius 1 is 1.16 bits per heavy atom. The molecule has 0 spiro atoms. The Bertz CT molecular complexity index is 666. The lowest BCUT2D eigenvalue weighted by Crippen LogP contribution is -2.51. The first-order valence-electron chi connectivity index (χ1n) is 9.49. The number of allylic oxidation sites excluding steroid dienone is 2. The van der Waals surface area contributed by atoms with E-state index in [1.54, 1.807) is 0 Å². The molecule has 0 bridgehead atoms. The van der Waals surface area contributed by atoms with Gasteiger partial charge in [-0.15, -0.1) is 0 Å². The summed E-state index contributed by atoms with van der Waals surface area (Å²) in [6.45, 7) is 2.19. The van der Waals surface area contributed by atoms with Crippen LogP contribution >= 0.6 is 0 Å². The van der Waals surface area contributed by atoms with Crippen molar-refractivity contribution in [3.05, 3.63) is 48.0 Å². The standard InChI is InChI=1S/C21H26N2O2/c24-20(22-13-15-9-10-15)18-8-4-7-17-11-12-23(21(25)19(17)18)14-16-5-2-1-3-6-16/h1-7,15,17-19H,8-14H2,(H,22,24)/t17-,18-,19+/m0/s1. The molecule has 4 nitrogen and oxygen atoms in total. The van der Waals surface area contributed by atoms with Crippen molar-refractivity contribution in [2.75, 3.05) is 13.1 Å². The Morgan fingerprint density at radius 2 is 1.96 bits per heavy atom. The predicted molar refractivity (Wildman–Crippen MR) is 96.4 cm³/mol. The van der Waals surface area contributed by atoms with E-state index in [4.69, 9.17) is 0 Å². The van der Waals surface area contributed by atoms with Gasteiger partial charge in [-0.25, -0.2) is 0 Å². The van der Waals surface area contributed by atoms with Gasteiger partial charge in [-0.1, -0.05) is 42.5 Å². The van der Waals surface area contributed by atoms with Crippen molar-refractivity contribution in [2.45, 2.75) is 32.2 Å². The van der Waals surface area contributed by atoms with Gasteiger partial charge in [0, 0.05) is 19.6 Å². The smallest absolute Gasteiger partial charge is 0.227 e. The molecule has 0 aromatic heterocycles. The highest BCUT2D eigenvalue weighted by atomic mass is 16.2. The monoisotopic (exact) mass is 338 g/mol. The van der Waals surface area contributed by atoms with Crippen LogP contribution in [0.5, 0.6) is 0 Å².